The van der Waals surface area contributed by atoms with Gasteiger partial charge in [0.25, 0.3) is 0 Å². The summed E-state index contributed by atoms with van der Waals surface area (Å²) in [5, 5.41) is 0. The summed E-state index contributed by atoms with van der Waals surface area (Å²) in [6.45, 7) is 2.97. The van der Waals surface area contributed by atoms with E-state index in [1.807, 2.05) is 24.3 Å². The van der Waals surface area contributed by atoms with Crippen LogP contribution in [0.3, 0.4) is 0 Å². The second-order valence-corrected chi connectivity index (χ2v) is 5.41. The fourth-order valence-electron chi connectivity index (χ4n) is 2.16. The molecule has 2 heterocycles. The molecule has 6 heteroatoms. The number of nitrogen functional groups attached to an aromatic ring is 1. The molecule has 1 aromatic heterocycles. The van der Waals surface area contributed by atoms with E-state index in [-0.39, 0.29) is 0 Å². The van der Waals surface area contributed by atoms with Gasteiger partial charge in [-0.3, -0.25) is 0 Å². The van der Waals surface area contributed by atoms with Crippen LogP contribution in [0, 0.1) is 0 Å². The van der Waals surface area contributed by atoms with Gasteiger partial charge in [0.15, 0.2) is 0 Å². The van der Waals surface area contributed by atoms with Crippen molar-refractivity contribution >= 4 is 27.7 Å². The van der Waals surface area contributed by atoms with Crippen LogP contribution in [0.15, 0.2) is 34.8 Å². The van der Waals surface area contributed by atoms with Gasteiger partial charge in [-0.1, -0.05) is 34.1 Å². The molecule has 1 aromatic carbocycles. The maximum Gasteiger partial charge on any atom is 0.228 e. The van der Waals surface area contributed by atoms with Crippen molar-refractivity contribution in [3.63, 3.8) is 0 Å². The summed E-state index contributed by atoms with van der Waals surface area (Å²) in [7, 11) is 0. The smallest absolute Gasteiger partial charge is 0.228 e. The Hall–Kier alpha value is -1.66. The Morgan fingerprint density at radius 3 is 2.65 bits per heavy atom. The lowest BCUT2D eigenvalue weighted by Crippen LogP contribution is -2.37. The van der Waals surface area contributed by atoms with Crippen LogP contribution in [-0.2, 0) is 4.74 Å². The number of nitrogens with two attached hydrogens (primary N) is 1. The minimum absolute atomic E-state index is 0.479. The zero-order valence-corrected chi connectivity index (χ0v) is 12.5. The molecule has 0 unspecified atom stereocenters. The van der Waals surface area contributed by atoms with Crippen molar-refractivity contribution < 1.29 is 4.74 Å². The van der Waals surface area contributed by atoms with E-state index in [0.717, 1.165) is 28.8 Å². The van der Waals surface area contributed by atoms with Crippen molar-refractivity contribution in [2.24, 2.45) is 0 Å². The largest absolute Gasteiger partial charge is 0.384 e. The van der Waals surface area contributed by atoms with Crippen LogP contribution < -0.4 is 10.6 Å². The van der Waals surface area contributed by atoms with Gasteiger partial charge in [-0.2, -0.15) is 4.98 Å². The van der Waals surface area contributed by atoms with Gasteiger partial charge in [-0.05, 0) is 6.07 Å². The summed E-state index contributed by atoms with van der Waals surface area (Å²) in [5.74, 6) is 1.14. The maximum absolute atomic E-state index is 5.93. The first-order chi connectivity index (χ1) is 9.74. The minimum atomic E-state index is 0.479. The van der Waals surface area contributed by atoms with Crippen molar-refractivity contribution in [3.8, 4) is 11.3 Å². The second kappa shape index (κ2) is 5.76. The van der Waals surface area contributed by atoms with Gasteiger partial charge in [0, 0.05) is 29.2 Å². The highest BCUT2D eigenvalue weighted by Gasteiger charge is 2.16. The molecule has 1 saturated heterocycles. The van der Waals surface area contributed by atoms with E-state index in [9.17, 15) is 0 Å². The zero-order chi connectivity index (χ0) is 13.9. The fraction of sp³-hybridized carbons (Fsp3) is 0.286. The van der Waals surface area contributed by atoms with E-state index in [1.165, 1.54) is 0 Å². The first-order valence-electron chi connectivity index (χ1n) is 6.46. The van der Waals surface area contributed by atoms with Crippen molar-refractivity contribution in [2.75, 3.05) is 36.9 Å². The van der Waals surface area contributed by atoms with E-state index in [4.69, 9.17) is 10.5 Å². The average Bonchev–Trinajstić information content (AvgIpc) is 2.48. The van der Waals surface area contributed by atoms with E-state index < -0.39 is 0 Å². The lowest BCUT2D eigenvalue weighted by atomic mass is 10.1. The number of halogens is 1. The fourth-order valence-corrected chi connectivity index (χ4v) is 2.65. The Morgan fingerprint density at radius 2 is 1.90 bits per heavy atom. The zero-order valence-electron chi connectivity index (χ0n) is 10.9. The average molecular weight is 335 g/mol. The van der Waals surface area contributed by atoms with Crippen molar-refractivity contribution in [1.82, 2.24) is 9.97 Å². The third kappa shape index (κ3) is 2.76. The topological polar surface area (TPSA) is 64.3 Å². The number of nitrogens with zero attached hydrogens (tertiary/aromatic N) is 3. The van der Waals surface area contributed by atoms with E-state index in [1.54, 1.807) is 6.07 Å². The van der Waals surface area contributed by atoms with Crippen LogP contribution in [0.2, 0.25) is 0 Å². The number of morpholine rings is 1. The highest BCUT2D eigenvalue weighted by Crippen LogP contribution is 2.28. The van der Waals surface area contributed by atoms with Gasteiger partial charge in [0.2, 0.25) is 5.95 Å². The number of benzene rings is 1. The molecule has 1 aliphatic heterocycles. The molecule has 0 bridgehead atoms. The molecule has 1 aliphatic rings. The van der Waals surface area contributed by atoms with Crippen LogP contribution in [0.5, 0.6) is 0 Å². The van der Waals surface area contributed by atoms with Crippen molar-refractivity contribution in [3.05, 3.63) is 34.8 Å². The molecule has 3 rings (SSSR count). The third-order valence-corrected chi connectivity index (χ3v) is 3.87. The number of anilines is 2. The van der Waals surface area contributed by atoms with Gasteiger partial charge in [-0.15, -0.1) is 0 Å². The number of aromatic nitrogens is 2. The van der Waals surface area contributed by atoms with E-state index in [0.29, 0.717) is 25.0 Å². The SMILES string of the molecule is Nc1cc(-c2ccccc2Br)nc(N2CCOCC2)n1. The standard InChI is InChI=1S/C14H15BrN4O/c15-11-4-2-1-3-10(11)12-9-13(16)18-14(17-12)19-5-7-20-8-6-19/h1-4,9H,5-8H2,(H2,16,17,18). The summed E-state index contributed by atoms with van der Waals surface area (Å²) in [5.41, 5.74) is 7.76. The summed E-state index contributed by atoms with van der Waals surface area (Å²) in [6, 6.07) is 9.74. The van der Waals surface area contributed by atoms with Crippen LogP contribution in [0.4, 0.5) is 11.8 Å². The Balaban J connectivity index is 2.00. The molecule has 104 valence electrons. The molecular weight excluding hydrogens is 320 g/mol. The molecule has 0 atom stereocenters. The molecule has 20 heavy (non-hydrogen) atoms. The molecule has 0 aliphatic carbocycles. The third-order valence-electron chi connectivity index (χ3n) is 3.18. The van der Waals surface area contributed by atoms with Gasteiger partial charge < -0.3 is 15.4 Å². The second-order valence-electron chi connectivity index (χ2n) is 4.56. The van der Waals surface area contributed by atoms with Crippen LogP contribution in [0.1, 0.15) is 0 Å². The maximum atomic E-state index is 5.93. The molecule has 5 nitrogen and oxygen atoms in total. The van der Waals surface area contributed by atoms with E-state index >= 15 is 0 Å². The van der Waals surface area contributed by atoms with Gasteiger partial charge >= 0.3 is 0 Å². The lowest BCUT2D eigenvalue weighted by molar-refractivity contribution is 0.122. The molecule has 2 aromatic rings. The number of hydrogen-bond donors (Lipinski definition) is 1. The first kappa shape index (κ1) is 13.3. The molecule has 0 amide bonds. The summed E-state index contributed by atoms with van der Waals surface area (Å²) in [6.07, 6.45) is 0. The Morgan fingerprint density at radius 1 is 1.15 bits per heavy atom. The molecule has 2 N–H and O–H groups in total. The quantitative estimate of drug-likeness (QED) is 0.913. The van der Waals surface area contributed by atoms with Gasteiger partial charge in [0.1, 0.15) is 5.82 Å². The van der Waals surface area contributed by atoms with Crippen LogP contribution >= 0.6 is 15.9 Å². The normalized spacial score (nSPS) is 15.3. The lowest BCUT2D eigenvalue weighted by Gasteiger charge is -2.27. The van der Waals surface area contributed by atoms with Gasteiger partial charge in [0.05, 0.1) is 18.9 Å². The Labute approximate surface area is 125 Å². The highest BCUT2D eigenvalue weighted by molar-refractivity contribution is 9.10. The minimum Gasteiger partial charge on any atom is -0.384 e. The summed E-state index contributed by atoms with van der Waals surface area (Å²) < 4.78 is 6.34. The van der Waals surface area contributed by atoms with Crippen LogP contribution in [-0.4, -0.2) is 36.3 Å². The first-order valence-corrected chi connectivity index (χ1v) is 7.25. The molecule has 0 spiro atoms. The predicted molar refractivity (Wildman–Crippen MR) is 82.6 cm³/mol. The molecule has 0 radical (unpaired) electrons. The predicted octanol–water partition coefficient (Wildman–Crippen LogP) is 2.32. The summed E-state index contributed by atoms with van der Waals surface area (Å²) in [4.78, 5) is 11.1. The van der Waals surface area contributed by atoms with Crippen molar-refractivity contribution in [2.45, 2.75) is 0 Å². The van der Waals surface area contributed by atoms with Crippen LogP contribution in [0.25, 0.3) is 11.3 Å². The molecular formula is C14H15BrN4O. The number of ether oxygens (including phenoxy) is 1. The Kier molecular flexibility index (Phi) is 3.84. The summed E-state index contributed by atoms with van der Waals surface area (Å²) >= 11 is 3.54. The molecule has 1 fully saturated rings. The Bertz CT molecular complexity index is 614. The van der Waals surface area contributed by atoms with Gasteiger partial charge in [-0.25, -0.2) is 4.98 Å². The van der Waals surface area contributed by atoms with E-state index in [2.05, 4.69) is 30.8 Å². The number of hydrogen-bond acceptors (Lipinski definition) is 5. The molecule has 0 saturated carbocycles. The monoisotopic (exact) mass is 334 g/mol. The highest BCUT2D eigenvalue weighted by atomic mass is 79.9. The van der Waals surface area contributed by atoms with Crippen molar-refractivity contribution in [1.29, 1.82) is 0 Å². The number of rotatable bonds is 2.